The van der Waals surface area contributed by atoms with Crippen molar-refractivity contribution >= 4 is 44.9 Å². The van der Waals surface area contributed by atoms with Gasteiger partial charge in [-0.15, -0.1) is 11.3 Å². The first-order valence-electron chi connectivity index (χ1n) is 7.31. The minimum absolute atomic E-state index is 0.138. The first kappa shape index (κ1) is 19.3. The summed E-state index contributed by atoms with van der Waals surface area (Å²) in [5.41, 5.74) is 0.138. The third kappa shape index (κ3) is 5.20. The second-order valence-corrected chi connectivity index (χ2v) is 7.23. The fraction of sp³-hybridized carbons (Fsp3) is 0.235. The molecule has 5 nitrogen and oxygen atoms in total. The van der Waals surface area contributed by atoms with Crippen LogP contribution in [0.25, 0.3) is 0 Å². The molecule has 0 saturated heterocycles. The van der Waals surface area contributed by atoms with Crippen molar-refractivity contribution in [2.75, 3.05) is 0 Å². The van der Waals surface area contributed by atoms with Crippen molar-refractivity contribution in [3.8, 4) is 0 Å². The third-order valence-electron chi connectivity index (χ3n) is 3.22. The highest BCUT2D eigenvalue weighted by molar-refractivity contribution is 9.10. The lowest BCUT2D eigenvalue weighted by molar-refractivity contribution is -0.119. The molecule has 0 aliphatic carbocycles. The highest BCUT2D eigenvalue weighted by Crippen LogP contribution is 2.22. The molecule has 0 bridgehead atoms. The molecule has 0 fully saturated rings. The van der Waals surface area contributed by atoms with Gasteiger partial charge in [0.2, 0.25) is 11.7 Å². The summed E-state index contributed by atoms with van der Waals surface area (Å²) >= 11 is 4.32. The number of rotatable bonds is 6. The molecule has 25 heavy (non-hydrogen) atoms. The summed E-state index contributed by atoms with van der Waals surface area (Å²) in [7, 11) is 0. The maximum atomic E-state index is 13.1. The number of Topliss-reactive ketones (excluding diaryl/α,β-unsaturated/α-hetero) is 1. The number of carbonyl (C=O) groups excluding carboxylic acids is 3. The lowest BCUT2D eigenvalue weighted by Gasteiger charge is -2.12. The van der Waals surface area contributed by atoms with Gasteiger partial charge in [-0.25, -0.2) is 9.18 Å². The highest BCUT2D eigenvalue weighted by atomic mass is 79.9. The molecule has 1 N–H and O–H groups in total. The van der Waals surface area contributed by atoms with Crippen molar-refractivity contribution in [3.63, 3.8) is 0 Å². The number of ketones is 1. The number of ether oxygens (including phenoxy) is 1. The van der Waals surface area contributed by atoms with Crippen molar-refractivity contribution in [2.24, 2.45) is 0 Å². The Balaban J connectivity index is 2.02. The second-order valence-electron chi connectivity index (χ2n) is 5.21. The lowest BCUT2D eigenvalue weighted by Crippen LogP contribution is -2.24. The smallest absolute Gasteiger partial charge is 0.340 e. The molecule has 1 unspecified atom stereocenters. The van der Waals surface area contributed by atoms with Gasteiger partial charge in [-0.2, -0.15) is 0 Å². The Morgan fingerprint density at radius 1 is 1.28 bits per heavy atom. The van der Waals surface area contributed by atoms with E-state index in [0.717, 1.165) is 17.0 Å². The topological polar surface area (TPSA) is 72.5 Å². The van der Waals surface area contributed by atoms with Gasteiger partial charge >= 0.3 is 5.97 Å². The summed E-state index contributed by atoms with van der Waals surface area (Å²) in [6.07, 6.45) is -0.989. The van der Waals surface area contributed by atoms with E-state index in [-0.39, 0.29) is 21.7 Å². The van der Waals surface area contributed by atoms with Crippen LogP contribution in [0.4, 0.5) is 4.39 Å². The van der Waals surface area contributed by atoms with Crippen LogP contribution in [0, 0.1) is 5.82 Å². The summed E-state index contributed by atoms with van der Waals surface area (Å²) in [5, 5.41) is 2.65. The number of thiophene rings is 1. The van der Waals surface area contributed by atoms with Crippen LogP contribution in [-0.2, 0) is 16.1 Å². The normalized spacial score (nSPS) is 11.7. The fourth-order valence-corrected chi connectivity index (χ4v) is 3.43. The van der Waals surface area contributed by atoms with Gasteiger partial charge in [0.05, 0.1) is 17.0 Å². The molecular weight excluding hydrogens is 413 g/mol. The van der Waals surface area contributed by atoms with Gasteiger partial charge in [0.1, 0.15) is 5.82 Å². The van der Waals surface area contributed by atoms with E-state index in [9.17, 15) is 18.8 Å². The van der Waals surface area contributed by atoms with E-state index in [0.29, 0.717) is 11.4 Å². The van der Waals surface area contributed by atoms with Gasteiger partial charge in [-0.3, -0.25) is 9.59 Å². The first-order valence-corrected chi connectivity index (χ1v) is 8.92. The number of hydrogen-bond acceptors (Lipinski definition) is 5. The summed E-state index contributed by atoms with van der Waals surface area (Å²) in [5.74, 6) is -1.71. The summed E-state index contributed by atoms with van der Waals surface area (Å²) in [6, 6.07) is 6.94. The lowest BCUT2D eigenvalue weighted by atomic mass is 10.2. The largest absolute Gasteiger partial charge is 0.451 e. The molecule has 1 atom stereocenters. The molecule has 1 amide bonds. The maximum Gasteiger partial charge on any atom is 0.340 e. The average molecular weight is 428 g/mol. The monoisotopic (exact) mass is 427 g/mol. The Kier molecular flexibility index (Phi) is 6.44. The minimum Gasteiger partial charge on any atom is -0.451 e. The SMILES string of the molecule is CC(=O)NCc1ccc(C(=O)C(C)OC(=O)c2ccc(F)cc2Br)s1. The third-order valence-corrected chi connectivity index (χ3v) is 4.98. The summed E-state index contributed by atoms with van der Waals surface area (Å²) < 4.78 is 18.5. The van der Waals surface area contributed by atoms with Crippen LogP contribution in [0.3, 0.4) is 0 Å². The number of hydrogen-bond donors (Lipinski definition) is 1. The van der Waals surface area contributed by atoms with E-state index in [1.807, 2.05) is 0 Å². The van der Waals surface area contributed by atoms with Crippen LogP contribution in [-0.4, -0.2) is 23.8 Å². The molecule has 1 heterocycles. The van der Waals surface area contributed by atoms with Crippen LogP contribution in [0.1, 0.15) is 38.8 Å². The van der Waals surface area contributed by atoms with Gasteiger partial charge in [-0.1, -0.05) is 0 Å². The Morgan fingerprint density at radius 3 is 2.64 bits per heavy atom. The van der Waals surface area contributed by atoms with Crippen LogP contribution in [0.5, 0.6) is 0 Å². The van der Waals surface area contributed by atoms with Gasteiger partial charge in [-0.05, 0) is 53.2 Å². The Hall–Kier alpha value is -2.06. The zero-order valence-electron chi connectivity index (χ0n) is 13.5. The quantitative estimate of drug-likeness (QED) is 0.563. The molecule has 132 valence electrons. The second kappa shape index (κ2) is 8.35. The molecular formula is C17H15BrFNO4S. The van der Waals surface area contributed by atoms with E-state index in [1.165, 1.54) is 31.3 Å². The van der Waals surface area contributed by atoms with Gasteiger partial charge < -0.3 is 10.1 Å². The maximum absolute atomic E-state index is 13.1. The predicted octanol–water partition coefficient (Wildman–Crippen LogP) is 3.71. The van der Waals surface area contributed by atoms with Crippen LogP contribution >= 0.6 is 27.3 Å². The van der Waals surface area contributed by atoms with Gasteiger partial charge in [0.15, 0.2) is 6.10 Å². The Labute approximate surface area is 156 Å². The highest BCUT2D eigenvalue weighted by Gasteiger charge is 2.23. The molecule has 0 aliphatic rings. The van der Waals surface area contributed by atoms with E-state index in [2.05, 4.69) is 21.2 Å². The molecule has 0 radical (unpaired) electrons. The summed E-state index contributed by atoms with van der Waals surface area (Å²) in [6.45, 7) is 3.23. The number of amides is 1. The van der Waals surface area contributed by atoms with Crippen LogP contribution in [0.2, 0.25) is 0 Å². The van der Waals surface area contributed by atoms with E-state index in [1.54, 1.807) is 12.1 Å². The molecule has 2 aromatic rings. The molecule has 8 heteroatoms. The standard InChI is InChI=1S/C17H15BrFNO4S/c1-9(24-17(23)13-5-3-11(19)7-14(13)18)16(22)15-6-4-12(25-15)8-20-10(2)21/h3-7,9H,8H2,1-2H3,(H,20,21). The van der Waals surface area contributed by atoms with Gasteiger partial charge in [0, 0.05) is 16.3 Å². The molecule has 0 saturated carbocycles. The Bertz CT molecular complexity index is 821. The average Bonchev–Trinajstić information content (AvgIpc) is 3.00. The van der Waals surface area contributed by atoms with Crippen molar-refractivity contribution in [3.05, 3.63) is 55.9 Å². The van der Waals surface area contributed by atoms with E-state index in [4.69, 9.17) is 4.74 Å². The van der Waals surface area contributed by atoms with Crippen LogP contribution in [0.15, 0.2) is 34.8 Å². The van der Waals surface area contributed by atoms with E-state index >= 15 is 0 Å². The molecule has 0 aliphatic heterocycles. The molecule has 2 rings (SSSR count). The van der Waals surface area contributed by atoms with Crippen molar-refractivity contribution in [1.82, 2.24) is 5.32 Å². The number of esters is 1. The van der Waals surface area contributed by atoms with Crippen molar-refractivity contribution < 1.29 is 23.5 Å². The number of nitrogens with one attached hydrogen (secondary N) is 1. The number of carbonyl (C=O) groups is 3. The summed E-state index contributed by atoms with van der Waals surface area (Å²) in [4.78, 5) is 36.7. The van der Waals surface area contributed by atoms with E-state index < -0.39 is 17.9 Å². The fourth-order valence-electron chi connectivity index (χ4n) is 1.95. The van der Waals surface area contributed by atoms with Gasteiger partial charge in [0.25, 0.3) is 0 Å². The first-order chi connectivity index (χ1) is 11.8. The zero-order valence-corrected chi connectivity index (χ0v) is 15.9. The minimum atomic E-state index is -0.989. The van der Waals surface area contributed by atoms with Crippen molar-refractivity contribution in [2.45, 2.75) is 26.5 Å². The molecule has 0 spiro atoms. The Morgan fingerprint density at radius 2 is 2.00 bits per heavy atom. The van der Waals surface area contributed by atoms with Crippen LogP contribution < -0.4 is 5.32 Å². The zero-order chi connectivity index (χ0) is 18.6. The predicted molar refractivity (Wildman–Crippen MR) is 95.1 cm³/mol. The number of benzene rings is 1. The molecule has 1 aromatic heterocycles. The molecule has 1 aromatic carbocycles. The van der Waals surface area contributed by atoms with Crippen molar-refractivity contribution in [1.29, 1.82) is 0 Å². The number of halogens is 2.